The van der Waals surface area contributed by atoms with E-state index in [2.05, 4.69) is 23.6 Å². The summed E-state index contributed by atoms with van der Waals surface area (Å²) in [6.45, 7) is 12.7. The lowest BCUT2D eigenvalue weighted by Crippen LogP contribution is -2.34. The van der Waals surface area contributed by atoms with Crippen molar-refractivity contribution in [1.82, 2.24) is 9.80 Å². The highest BCUT2D eigenvalue weighted by molar-refractivity contribution is 4.70. The van der Waals surface area contributed by atoms with Crippen LogP contribution in [0.25, 0.3) is 0 Å². The van der Waals surface area contributed by atoms with Crippen molar-refractivity contribution in [3.8, 4) is 0 Å². The van der Waals surface area contributed by atoms with Crippen LogP contribution in [0.15, 0.2) is 0 Å². The van der Waals surface area contributed by atoms with E-state index in [9.17, 15) is 0 Å². The molecule has 0 amide bonds. The van der Waals surface area contributed by atoms with Crippen molar-refractivity contribution in [3.63, 3.8) is 0 Å². The van der Waals surface area contributed by atoms with Crippen molar-refractivity contribution in [2.75, 3.05) is 53.0 Å². The average Bonchev–Trinajstić information content (AvgIpc) is 2.40. The highest BCUT2D eigenvalue weighted by Crippen LogP contribution is 2.05. The fourth-order valence-electron chi connectivity index (χ4n) is 2.17. The molecule has 1 fully saturated rings. The molecule has 0 bridgehead atoms. The first kappa shape index (κ1) is 12.9. The molecule has 0 N–H and O–H groups in total. The van der Waals surface area contributed by atoms with Crippen molar-refractivity contribution in [2.24, 2.45) is 5.92 Å². The van der Waals surface area contributed by atoms with E-state index in [1.54, 1.807) is 7.11 Å². The number of hydrogen-bond acceptors (Lipinski definition) is 3. The van der Waals surface area contributed by atoms with E-state index in [0.29, 0.717) is 0 Å². The van der Waals surface area contributed by atoms with E-state index >= 15 is 0 Å². The zero-order valence-electron chi connectivity index (χ0n) is 10.5. The maximum Gasteiger partial charge on any atom is 0.0589 e. The Bertz CT molecular complexity index is 162. The quantitative estimate of drug-likeness (QED) is 0.686. The molecule has 1 rings (SSSR count). The first-order chi connectivity index (χ1) is 7.22. The van der Waals surface area contributed by atoms with Crippen molar-refractivity contribution < 1.29 is 4.74 Å². The zero-order chi connectivity index (χ0) is 11.1. The van der Waals surface area contributed by atoms with Crippen molar-refractivity contribution in [2.45, 2.75) is 20.3 Å². The summed E-state index contributed by atoms with van der Waals surface area (Å²) in [5.74, 6) is 0.788. The molecule has 1 aliphatic heterocycles. The molecule has 90 valence electrons. The molecule has 0 aliphatic carbocycles. The minimum Gasteiger partial charge on any atom is -0.383 e. The van der Waals surface area contributed by atoms with Crippen molar-refractivity contribution in [1.29, 1.82) is 0 Å². The Balaban J connectivity index is 2.22. The Kier molecular flexibility index (Phi) is 6.22. The van der Waals surface area contributed by atoms with Gasteiger partial charge in [-0.15, -0.1) is 0 Å². The van der Waals surface area contributed by atoms with Gasteiger partial charge in [0, 0.05) is 33.3 Å². The minimum absolute atomic E-state index is 0.788. The van der Waals surface area contributed by atoms with Crippen LogP contribution in [0.1, 0.15) is 20.3 Å². The van der Waals surface area contributed by atoms with Gasteiger partial charge in [-0.25, -0.2) is 0 Å². The van der Waals surface area contributed by atoms with Crippen molar-refractivity contribution >= 4 is 0 Å². The maximum atomic E-state index is 5.12. The molecule has 1 saturated heterocycles. The smallest absolute Gasteiger partial charge is 0.0589 e. The van der Waals surface area contributed by atoms with Gasteiger partial charge in [0.25, 0.3) is 0 Å². The number of methoxy groups -OCH3 is 1. The van der Waals surface area contributed by atoms with Crippen molar-refractivity contribution in [3.05, 3.63) is 0 Å². The van der Waals surface area contributed by atoms with Crippen LogP contribution >= 0.6 is 0 Å². The predicted octanol–water partition coefficient (Wildman–Crippen LogP) is 1.30. The molecule has 0 spiro atoms. The van der Waals surface area contributed by atoms with E-state index < -0.39 is 0 Å². The van der Waals surface area contributed by atoms with Crippen LogP contribution < -0.4 is 0 Å². The third kappa shape index (κ3) is 5.50. The second-order valence-electron chi connectivity index (χ2n) is 4.88. The summed E-state index contributed by atoms with van der Waals surface area (Å²) < 4.78 is 5.12. The summed E-state index contributed by atoms with van der Waals surface area (Å²) in [6, 6.07) is 0. The topological polar surface area (TPSA) is 15.7 Å². The molecule has 0 aromatic heterocycles. The lowest BCUT2D eigenvalue weighted by atomic mass is 10.2. The number of nitrogens with zero attached hydrogens (tertiary/aromatic N) is 2. The monoisotopic (exact) mass is 214 g/mol. The van der Waals surface area contributed by atoms with E-state index in [1.807, 2.05) is 0 Å². The molecule has 0 saturated carbocycles. The lowest BCUT2D eigenvalue weighted by molar-refractivity contribution is 0.148. The third-order valence-electron chi connectivity index (χ3n) is 2.92. The van der Waals surface area contributed by atoms with Gasteiger partial charge in [0.2, 0.25) is 0 Å². The van der Waals surface area contributed by atoms with Gasteiger partial charge < -0.3 is 9.64 Å². The Hall–Kier alpha value is -0.120. The first-order valence-electron chi connectivity index (χ1n) is 6.16. The number of ether oxygens (including phenoxy) is 1. The fraction of sp³-hybridized carbons (Fsp3) is 1.00. The maximum absolute atomic E-state index is 5.12. The van der Waals surface area contributed by atoms with E-state index in [-0.39, 0.29) is 0 Å². The normalized spacial score (nSPS) is 20.8. The van der Waals surface area contributed by atoms with Gasteiger partial charge in [-0.3, -0.25) is 4.90 Å². The standard InChI is InChI=1S/C12H26N2O/c1-12(2)11-14-6-4-5-13(7-8-14)9-10-15-3/h12H,4-11H2,1-3H3. The molecule has 15 heavy (non-hydrogen) atoms. The fourth-order valence-corrected chi connectivity index (χ4v) is 2.17. The van der Waals surface area contributed by atoms with Gasteiger partial charge in [-0.1, -0.05) is 13.8 Å². The molecular weight excluding hydrogens is 188 g/mol. The molecule has 3 nitrogen and oxygen atoms in total. The average molecular weight is 214 g/mol. The molecule has 1 aliphatic rings. The predicted molar refractivity (Wildman–Crippen MR) is 64.2 cm³/mol. The Labute approximate surface area is 94.4 Å². The van der Waals surface area contributed by atoms with E-state index in [1.165, 1.54) is 39.1 Å². The molecular formula is C12H26N2O. The van der Waals surface area contributed by atoms with E-state index in [0.717, 1.165) is 19.1 Å². The van der Waals surface area contributed by atoms with E-state index in [4.69, 9.17) is 4.74 Å². The van der Waals surface area contributed by atoms with Crippen LogP contribution in [0, 0.1) is 5.92 Å². The molecule has 0 aromatic carbocycles. The van der Waals surface area contributed by atoms with Crippen LogP contribution in [0.2, 0.25) is 0 Å². The van der Waals surface area contributed by atoms with Crippen LogP contribution in [0.4, 0.5) is 0 Å². The number of rotatable bonds is 5. The molecule has 0 unspecified atom stereocenters. The van der Waals surface area contributed by atoms with Gasteiger partial charge in [0.05, 0.1) is 6.61 Å². The molecule has 0 aromatic rings. The second-order valence-corrected chi connectivity index (χ2v) is 4.88. The number of hydrogen-bond donors (Lipinski definition) is 0. The summed E-state index contributed by atoms with van der Waals surface area (Å²) in [4.78, 5) is 5.11. The van der Waals surface area contributed by atoms with Crippen LogP contribution in [-0.2, 0) is 4.74 Å². The summed E-state index contributed by atoms with van der Waals surface area (Å²) in [5.41, 5.74) is 0. The van der Waals surface area contributed by atoms with Gasteiger partial charge in [-0.05, 0) is 25.4 Å². The minimum atomic E-state index is 0.788. The van der Waals surface area contributed by atoms with Crippen LogP contribution in [0.3, 0.4) is 0 Å². The first-order valence-corrected chi connectivity index (χ1v) is 6.16. The molecule has 1 heterocycles. The van der Waals surface area contributed by atoms with Gasteiger partial charge in [0.15, 0.2) is 0 Å². The SMILES string of the molecule is COCCN1CCCN(CC(C)C)CC1. The highest BCUT2D eigenvalue weighted by Gasteiger charge is 2.14. The largest absolute Gasteiger partial charge is 0.383 e. The van der Waals surface area contributed by atoms with Crippen LogP contribution in [-0.4, -0.2) is 62.8 Å². The Morgan fingerprint density at radius 2 is 1.73 bits per heavy atom. The Morgan fingerprint density at radius 3 is 2.40 bits per heavy atom. The summed E-state index contributed by atoms with van der Waals surface area (Å²) >= 11 is 0. The van der Waals surface area contributed by atoms with Gasteiger partial charge in [-0.2, -0.15) is 0 Å². The highest BCUT2D eigenvalue weighted by atomic mass is 16.5. The van der Waals surface area contributed by atoms with Gasteiger partial charge >= 0.3 is 0 Å². The van der Waals surface area contributed by atoms with Gasteiger partial charge in [0.1, 0.15) is 0 Å². The zero-order valence-corrected chi connectivity index (χ0v) is 10.5. The molecule has 3 heteroatoms. The van der Waals surface area contributed by atoms with Crippen LogP contribution in [0.5, 0.6) is 0 Å². The summed E-state index contributed by atoms with van der Waals surface area (Å²) in [6.07, 6.45) is 1.30. The third-order valence-corrected chi connectivity index (χ3v) is 2.92. The molecule has 0 radical (unpaired) electrons. The lowest BCUT2D eigenvalue weighted by Gasteiger charge is -2.22. The Morgan fingerprint density at radius 1 is 1.07 bits per heavy atom. The second kappa shape index (κ2) is 7.20. The molecule has 0 atom stereocenters. The summed E-state index contributed by atoms with van der Waals surface area (Å²) in [7, 11) is 1.78. The summed E-state index contributed by atoms with van der Waals surface area (Å²) in [5, 5.41) is 0.